The number of nitrogens with two attached hydrogens (primary N) is 2. The predicted octanol–water partition coefficient (Wildman–Crippen LogP) is -0.133. The van der Waals surface area contributed by atoms with Crippen LogP contribution in [0, 0.1) is 0 Å². The average molecular weight is 634 g/mol. The van der Waals surface area contributed by atoms with Crippen LogP contribution in [0.15, 0.2) is 41.0 Å². The molecule has 10 N–H and O–H groups in total. The second kappa shape index (κ2) is 18.6. The quantitative estimate of drug-likeness (QED) is 0.0890. The van der Waals surface area contributed by atoms with Crippen molar-refractivity contribution in [3.05, 3.63) is 53.5 Å². The minimum absolute atomic E-state index is 0.184. The van der Waals surface area contributed by atoms with Gasteiger partial charge in [-0.15, -0.1) is 0 Å². The zero-order chi connectivity index (χ0) is 33.4. The standard InChI is InChI=1S/C29H39N5O11/c30-14-20-13-18(16-45-20)15-44-19-3-1-17(2-4-19)11-12-32-24(35)9-6-22(28(40)41)34-26(37)10-7-23(29(42)43)33-25(36)8-5-21(31)27(38)39/h1-4,13,16,21-23H,5-12,14-15,30-31H2,(H,32,35)(H,33,36)(H,34,37)(H,38,39)(H,40,41)(H,42,43)/t21-,22-,23-/m0/s1. The lowest BCUT2D eigenvalue weighted by Crippen LogP contribution is -2.44. The van der Waals surface area contributed by atoms with Crippen molar-refractivity contribution in [3.8, 4) is 5.75 Å². The maximum absolute atomic E-state index is 12.3. The van der Waals surface area contributed by atoms with Gasteiger partial charge in [0.05, 0.1) is 12.8 Å². The van der Waals surface area contributed by atoms with Crippen LogP contribution in [0.5, 0.6) is 5.75 Å². The third-order valence-corrected chi connectivity index (χ3v) is 6.56. The van der Waals surface area contributed by atoms with Crippen molar-refractivity contribution < 1.29 is 53.2 Å². The lowest BCUT2D eigenvalue weighted by atomic mass is 10.1. The summed E-state index contributed by atoms with van der Waals surface area (Å²) in [5.41, 5.74) is 12.6. The average Bonchev–Trinajstić information content (AvgIpc) is 3.47. The van der Waals surface area contributed by atoms with Crippen molar-refractivity contribution in [1.29, 1.82) is 0 Å². The van der Waals surface area contributed by atoms with Crippen LogP contribution in [0.1, 0.15) is 55.4 Å². The molecule has 1 aromatic carbocycles. The molecule has 3 amide bonds. The lowest BCUT2D eigenvalue weighted by Gasteiger charge is -2.17. The Hall–Kier alpha value is -4.96. The second-order valence-corrected chi connectivity index (χ2v) is 10.1. The van der Waals surface area contributed by atoms with Crippen LogP contribution in [-0.4, -0.2) is 75.6 Å². The molecule has 0 fully saturated rings. The van der Waals surface area contributed by atoms with Crippen LogP contribution in [0.2, 0.25) is 0 Å². The van der Waals surface area contributed by atoms with Crippen molar-refractivity contribution >= 4 is 35.6 Å². The van der Waals surface area contributed by atoms with E-state index in [1.165, 1.54) is 0 Å². The molecular weight excluding hydrogens is 594 g/mol. The van der Waals surface area contributed by atoms with Crippen molar-refractivity contribution in [2.24, 2.45) is 11.5 Å². The molecule has 0 saturated heterocycles. The summed E-state index contributed by atoms with van der Waals surface area (Å²) < 4.78 is 11.0. The smallest absolute Gasteiger partial charge is 0.326 e. The number of carboxylic acid groups (broad SMARTS) is 3. The molecule has 0 radical (unpaired) electrons. The number of benzene rings is 1. The van der Waals surface area contributed by atoms with Gasteiger partial charge in [0.1, 0.15) is 36.2 Å². The monoisotopic (exact) mass is 633 g/mol. The van der Waals surface area contributed by atoms with Crippen LogP contribution in [0.3, 0.4) is 0 Å². The molecule has 0 aliphatic carbocycles. The third kappa shape index (κ3) is 13.9. The molecule has 0 aliphatic rings. The Balaban J connectivity index is 1.70. The third-order valence-electron chi connectivity index (χ3n) is 6.56. The van der Waals surface area contributed by atoms with E-state index in [1.54, 1.807) is 18.4 Å². The van der Waals surface area contributed by atoms with E-state index in [2.05, 4.69) is 16.0 Å². The lowest BCUT2D eigenvalue weighted by molar-refractivity contribution is -0.143. The molecule has 0 bridgehead atoms. The molecule has 0 saturated carbocycles. The number of carboxylic acids is 3. The van der Waals surface area contributed by atoms with Crippen molar-refractivity contribution in [2.75, 3.05) is 6.54 Å². The number of carbonyl (C=O) groups is 6. The highest BCUT2D eigenvalue weighted by Gasteiger charge is 2.25. The summed E-state index contributed by atoms with van der Waals surface area (Å²) in [6, 6.07) is 4.98. The van der Waals surface area contributed by atoms with Crippen LogP contribution in [-0.2, 0) is 48.3 Å². The normalized spacial score (nSPS) is 12.8. The fraction of sp³-hybridized carbons (Fsp3) is 0.448. The van der Waals surface area contributed by atoms with E-state index < -0.39 is 60.2 Å². The molecule has 246 valence electrons. The molecule has 1 aromatic heterocycles. The summed E-state index contributed by atoms with van der Waals surface area (Å²) in [5, 5.41) is 34.7. The summed E-state index contributed by atoms with van der Waals surface area (Å²) in [6.45, 7) is 0.927. The Morgan fingerprint density at radius 1 is 0.778 bits per heavy atom. The SMILES string of the molecule is NCc1cc(COc2ccc(CCNC(=O)CC[C@H](NC(=O)CC[C@H](NC(=O)CC[C@H](N)C(=O)O)C(=O)O)C(=O)O)cc2)co1. The molecule has 0 unspecified atom stereocenters. The van der Waals surface area contributed by atoms with Gasteiger partial charge < -0.3 is 51.9 Å². The highest BCUT2D eigenvalue weighted by Crippen LogP contribution is 2.16. The second-order valence-electron chi connectivity index (χ2n) is 10.1. The van der Waals surface area contributed by atoms with Gasteiger partial charge in [-0.2, -0.15) is 0 Å². The van der Waals surface area contributed by atoms with Crippen molar-refractivity contribution in [1.82, 2.24) is 16.0 Å². The topological polar surface area (TPSA) is 274 Å². The van der Waals surface area contributed by atoms with E-state index in [-0.39, 0.29) is 32.1 Å². The van der Waals surface area contributed by atoms with E-state index >= 15 is 0 Å². The number of carbonyl (C=O) groups excluding carboxylic acids is 3. The minimum atomic E-state index is -1.46. The molecule has 2 aromatic rings. The Bertz CT molecular complexity index is 1310. The number of hydrogen-bond donors (Lipinski definition) is 8. The maximum atomic E-state index is 12.3. The van der Waals surface area contributed by atoms with Crippen LogP contribution >= 0.6 is 0 Å². The fourth-order valence-corrected chi connectivity index (χ4v) is 3.97. The van der Waals surface area contributed by atoms with E-state index in [0.29, 0.717) is 37.6 Å². The molecule has 0 spiro atoms. The van der Waals surface area contributed by atoms with Gasteiger partial charge in [-0.3, -0.25) is 19.2 Å². The van der Waals surface area contributed by atoms with Gasteiger partial charge in [0.15, 0.2) is 0 Å². The van der Waals surface area contributed by atoms with Gasteiger partial charge in [0.25, 0.3) is 0 Å². The van der Waals surface area contributed by atoms with Crippen molar-refractivity contribution in [3.63, 3.8) is 0 Å². The minimum Gasteiger partial charge on any atom is -0.489 e. The molecular formula is C29H39N5O11. The predicted molar refractivity (Wildman–Crippen MR) is 157 cm³/mol. The first-order valence-corrected chi connectivity index (χ1v) is 14.2. The van der Waals surface area contributed by atoms with Gasteiger partial charge in [-0.1, -0.05) is 12.1 Å². The van der Waals surface area contributed by atoms with Crippen LogP contribution < -0.4 is 32.2 Å². The zero-order valence-electron chi connectivity index (χ0n) is 24.5. The number of hydrogen-bond acceptors (Lipinski definition) is 10. The van der Waals surface area contributed by atoms with Gasteiger partial charge in [-0.05, 0) is 49.4 Å². The zero-order valence-corrected chi connectivity index (χ0v) is 24.5. The first-order chi connectivity index (χ1) is 21.4. The van der Waals surface area contributed by atoms with E-state index in [1.807, 2.05) is 18.2 Å². The number of rotatable bonds is 21. The summed E-state index contributed by atoms with van der Waals surface area (Å²) in [6.07, 6.45) is 0.387. The largest absolute Gasteiger partial charge is 0.489 e. The number of furan rings is 1. The van der Waals surface area contributed by atoms with E-state index in [9.17, 15) is 39.0 Å². The summed E-state index contributed by atoms with van der Waals surface area (Å²) in [5.74, 6) is -4.75. The Kier molecular flexibility index (Phi) is 15.0. The van der Waals surface area contributed by atoms with Crippen LogP contribution in [0.25, 0.3) is 0 Å². The first-order valence-electron chi connectivity index (χ1n) is 14.2. The van der Waals surface area contributed by atoms with Gasteiger partial charge >= 0.3 is 17.9 Å². The van der Waals surface area contributed by atoms with Gasteiger partial charge in [-0.25, -0.2) is 9.59 Å². The molecule has 0 aliphatic heterocycles. The Morgan fingerprint density at radius 3 is 1.84 bits per heavy atom. The molecule has 16 heteroatoms. The summed E-state index contributed by atoms with van der Waals surface area (Å²) >= 11 is 0. The van der Waals surface area contributed by atoms with Gasteiger partial charge in [0, 0.05) is 31.4 Å². The summed E-state index contributed by atoms with van der Waals surface area (Å²) in [4.78, 5) is 70.3. The number of amides is 3. The number of nitrogens with one attached hydrogen (secondary N) is 3. The van der Waals surface area contributed by atoms with Crippen LogP contribution in [0.4, 0.5) is 0 Å². The highest BCUT2D eigenvalue weighted by atomic mass is 16.5. The molecule has 2 rings (SSSR count). The Labute approximate surface area is 258 Å². The van der Waals surface area contributed by atoms with Crippen molar-refractivity contribution in [2.45, 2.75) is 76.2 Å². The van der Waals surface area contributed by atoms with Gasteiger partial charge in [0.2, 0.25) is 17.7 Å². The molecule has 45 heavy (non-hydrogen) atoms. The molecule has 1 heterocycles. The summed E-state index contributed by atoms with van der Waals surface area (Å²) in [7, 11) is 0. The molecule has 16 nitrogen and oxygen atoms in total. The maximum Gasteiger partial charge on any atom is 0.326 e. The highest BCUT2D eigenvalue weighted by molar-refractivity contribution is 5.86. The first kappa shape index (κ1) is 36.2. The molecule has 3 atom stereocenters. The number of aliphatic carboxylic acids is 3. The van der Waals surface area contributed by atoms with E-state index in [0.717, 1.165) is 11.1 Å². The number of ether oxygens (including phenoxy) is 1. The Morgan fingerprint density at radius 2 is 1.33 bits per heavy atom. The fourth-order valence-electron chi connectivity index (χ4n) is 3.97. The van der Waals surface area contributed by atoms with E-state index in [4.69, 9.17) is 25.7 Å².